The van der Waals surface area contributed by atoms with E-state index in [9.17, 15) is 5.26 Å². The lowest BCUT2D eigenvalue weighted by molar-refractivity contribution is 0.352. The van der Waals surface area contributed by atoms with E-state index >= 15 is 0 Å². The largest absolute Gasteiger partial charge is 0.493 e. The van der Waals surface area contributed by atoms with Crippen LogP contribution in [0.15, 0.2) is 46.3 Å². The van der Waals surface area contributed by atoms with Crippen molar-refractivity contribution in [2.75, 3.05) is 20.0 Å². The van der Waals surface area contributed by atoms with Crippen LogP contribution in [0.4, 0.5) is 5.69 Å². The third kappa shape index (κ3) is 2.75. The Morgan fingerprint density at radius 2 is 1.96 bits per heavy atom. The number of fused-ring (bicyclic) bond motifs is 1. The van der Waals surface area contributed by atoms with Crippen LogP contribution in [0, 0.1) is 11.3 Å². The smallest absolute Gasteiger partial charge is 0.205 e. The van der Waals surface area contributed by atoms with E-state index in [1.54, 1.807) is 20.3 Å². The molecule has 7 heteroatoms. The van der Waals surface area contributed by atoms with E-state index in [1.165, 1.54) is 0 Å². The fraction of sp³-hybridized carbons (Fsp3) is 0.167. The summed E-state index contributed by atoms with van der Waals surface area (Å²) in [5, 5.41) is 9.62. The van der Waals surface area contributed by atoms with E-state index in [4.69, 9.17) is 25.7 Å². The predicted molar refractivity (Wildman–Crippen MR) is 97.4 cm³/mol. The Kier molecular flexibility index (Phi) is 4.47. The lowest BCUT2D eigenvalue weighted by Gasteiger charge is -2.27. The first-order valence-corrected chi connectivity index (χ1v) is 8.18. The highest BCUT2D eigenvalue weighted by molar-refractivity contribution is 9.10. The normalized spacial score (nSPS) is 15.8. The molecule has 25 heavy (non-hydrogen) atoms. The number of allylic oxidation sites excluding steroid dienone is 1. The lowest BCUT2D eigenvalue weighted by Crippen LogP contribution is -2.21. The molecule has 1 heterocycles. The molecule has 0 radical (unpaired) electrons. The average molecular weight is 402 g/mol. The fourth-order valence-corrected chi connectivity index (χ4v) is 3.57. The van der Waals surface area contributed by atoms with Crippen molar-refractivity contribution in [1.29, 1.82) is 5.26 Å². The lowest BCUT2D eigenvalue weighted by atomic mass is 9.83. The Bertz CT molecular complexity index is 919. The van der Waals surface area contributed by atoms with Gasteiger partial charge in [0.05, 0.1) is 30.3 Å². The molecule has 0 saturated carbocycles. The minimum atomic E-state index is -0.423. The van der Waals surface area contributed by atoms with E-state index in [2.05, 4.69) is 22.0 Å². The van der Waals surface area contributed by atoms with Crippen molar-refractivity contribution < 1.29 is 14.2 Å². The minimum absolute atomic E-state index is 0.0452. The maximum atomic E-state index is 9.62. The highest BCUT2D eigenvalue weighted by atomic mass is 79.9. The maximum Gasteiger partial charge on any atom is 0.205 e. The van der Waals surface area contributed by atoms with Crippen LogP contribution < -0.4 is 25.7 Å². The zero-order chi connectivity index (χ0) is 18.1. The number of nitrogens with two attached hydrogens (primary N) is 2. The van der Waals surface area contributed by atoms with Crippen LogP contribution in [-0.4, -0.2) is 14.2 Å². The van der Waals surface area contributed by atoms with Gasteiger partial charge < -0.3 is 25.7 Å². The van der Waals surface area contributed by atoms with Gasteiger partial charge in [-0.05, 0) is 39.7 Å². The molecule has 6 nitrogen and oxygen atoms in total. The number of nitrogen functional groups attached to an aromatic ring is 1. The van der Waals surface area contributed by atoms with Crippen molar-refractivity contribution in [2.24, 2.45) is 5.73 Å². The van der Waals surface area contributed by atoms with Gasteiger partial charge in [-0.1, -0.05) is 12.1 Å². The number of anilines is 1. The molecule has 0 saturated heterocycles. The van der Waals surface area contributed by atoms with Crippen LogP contribution in [0.1, 0.15) is 17.0 Å². The topological polar surface area (TPSA) is 104 Å². The predicted octanol–water partition coefficient (Wildman–Crippen LogP) is 3.27. The highest BCUT2D eigenvalue weighted by Gasteiger charge is 2.32. The summed E-state index contributed by atoms with van der Waals surface area (Å²) in [7, 11) is 3.12. The van der Waals surface area contributed by atoms with E-state index in [-0.39, 0.29) is 5.88 Å². The van der Waals surface area contributed by atoms with Gasteiger partial charge in [0.15, 0.2) is 17.2 Å². The zero-order valence-electron chi connectivity index (χ0n) is 13.7. The minimum Gasteiger partial charge on any atom is -0.493 e. The van der Waals surface area contributed by atoms with E-state index < -0.39 is 5.92 Å². The second-order valence-electron chi connectivity index (χ2n) is 5.43. The molecule has 1 atom stereocenters. The molecule has 0 aliphatic carbocycles. The molecule has 0 bridgehead atoms. The second kappa shape index (κ2) is 6.57. The molecule has 0 spiro atoms. The van der Waals surface area contributed by atoms with Crippen molar-refractivity contribution in [3.05, 3.63) is 57.4 Å². The molecule has 2 aromatic rings. The van der Waals surface area contributed by atoms with Gasteiger partial charge in [0, 0.05) is 5.56 Å². The number of rotatable bonds is 3. The third-order valence-corrected chi connectivity index (χ3v) is 4.65. The third-order valence-electron chi connectivity index (χ3n) is 4.06. The number of hydrogen-bond acceptors (Lipinski definition) is 6. The van der Waals surface area contributed by atoms with Crippen molar-refractivity contribution in [2.45, 2.75) is 5.92 Å². The molecular formula is C18H16BrN3O3. The number of nitrogens with zero attached hydrogens (tertiary/aromatic N) is 1. The van der Waals surface area contributed by atoms with Gasteiger partial charge in [-0.25, -0.2) is 0 Å². The quantitative estimate of drug-likeness (QED) is 0.764. The summed E-state index contributed by atoms with van der Waals surface area (Å²) >= 11 is 3.49. The van der Waals surface area contributed by atoms with Crippen LogP contribution in [0.3, 0.4) is 0 Å². The van der Waals surface area contributed by atoms with Crippen LogP contribution in [0.25, 0.3) is 0 Å². The number of para-hydroxylation sites is 1. The summed E-state index contributed by atoms with van der Waals surface area (Å²) in [5.41, 5.74) is 14.3. The number of halogens is 1. The van der Waals surface area contributed by atoms with Gasteiger partial charge in [0.25, 0.3) is 0 Å². The van der Waals surface area contributed by atoms with E-state index in [0.29, 0.717) is 33.0 Å². The molecule has 1 aliphatic rings. The molecule has 0 unspecified atom stereocenters. The number of nitriles is 1. The fourth-order valence-electron chi connectivity index (χ4n) is 2.95. The molecule has 0 amide bonds. The first-order valence-electron chi connectivity index (χ1n) is 7.39. The zero-order valence-corrected chi connectivity index (χ0v) is 15.3. The maximum absolute atomic E-state index is 9.62. The number of ether oxygens (including phenoxy) is 3. The van der Waals surface area contributed by atoms with Crippen LogP contribution >= 0.6 is 15.9 Å². The average Bonchev–Trinajstić information content (AvgIpc) is 2.60. The summed E-state index contributed by atoms with van der Waals surface area (Å²) < 4.78 is 17.1. The summed E-state index contributed by atoms with van der Waals surface area (Å²) in [4.78, 5) is 0. The molecule has 0 fully saturated rings. The number of benzene rings is 2. The van der Waals surface area contributed by atoms with Crippen molar-refractivity contribution in [1.82, 2.24) is 0 Å². The Morgan fingerprint density at radius 3 is 2.60 bits per heavy atom. The molecule has 0 aromatic heterocycles. The first kappa shape index (κ1) is 17.0. The summed E-state index contributed by atoms with van der Waals surface area (Å²) in [6.07, 6.45) is 0. The van der Waals surface area contributed by atoms with Crippen molar-refractivity contribution >= 4 is 21.6 Å². The Labute approximate surface area is 153 Å². The van der Waals surface area contributed by atoms with E-state index in [0.717, 1.165) is 11.1 Å². The van der Waals surface area contributed by atoms with Crippen LogP contribution in [-0.2, 0) is 0 Å². The Balaban J connectivity index is 2.27. The summed E-state index contributed by atoms with van der Waals surface area (Å²) in [6, 6.07) is 11.2. The van der Waals surface area contributed by atoms with Gasteiger partial charge in [-0.15, -0.1) is 0 Å². The highest BCUT2D eigenvalue weighted by Crippen LogP contribution is 2.47. The summed E-state index contributed by atoms with van der Waals surface area (Å²) in [6.45, 7) is 0. The first-order chi connectivity index (χ1) is 12.0. The van der Waals surface area contributed by atoms with Gasteiger partial charge in [0.1, 0.15) is 11.6 Å². The number of methoxy groups -OCH3 is 2. The number of hydrogen-bond donors (Lipinski definition) is 2. The van der Waals surface area contributed by atoms with Crippen molar-refractivity contribution in [3.63, 3.8) is 0 Å². The Morgan fingerprint density at radius 1 is 1.20 bits per heavy atom. The van der Waals surface area contributed by atoms with E-state index in [1.807, 2.05) is 24.3 Å². The van der Waals surface area contributed by atoms with Gasteiger partial charge in [-0.3, -0.25) is 0 Å². The second-order valence-corrected chi connectivity index (χ2v) is 6.28. The molecular weight excluding hydrogens is 386 g/mol. The van der Waals surface area contributed by atoms with Crippen LogP contribution in [0.2, 0.25) is 0 Å². The molecule has 1 aliphatic heterocycles. The Hall–Kier alpha value is -2.85. The monoisotopic (exact) mass is 401 g/mol. The molecule has 2 aromatic carbocycles. The standard InChI is InChI=1S/C18H16BrN3O3/c1-23-14-7-9(6-12(19)17(14)24-2)15-10-4-3-5-13(21)16(10)25-18(22)11(15)8-20/h3-7,15H,21-22H2,1-2H3/t15-/m1/s1. The van der Waals surface area contributed by atoms with Gasteiger partial charge in [0.2, 0.25) is 5.88 Å². The summed E-state index contributed by atoms with van der Waals surface area (Å²) in [5.74, 6) is 1.20. The van der Waals surface area contributed by atoms with Crippen molar-refractivity contribution in [3.8, 4) is 23.3 Å². The molecule has 3 rings (SSSR count). The SMILES string of the molecule is COc1cc([C@H]2C(C#N)=C(N)Oc3c(N)cccc32)cc(Br)c1OC. The molecule has 4 N–H and O–H groups in total. The van der Waals surface area contributed by atoms with Gasteiger partial charge in [-0.2, -0.15) is 5.26 Å². The molecule has 128 valence electrons. The van der Waals surface area contributed by atoms with Crippen LogP contribution in [0.5, 0.6) is 17.2 Å². The van der Waals surface area contributed by atoms with Gasteiger partial charge >= 0.3 is 0 Å².